The minimum absolute atomic E-state index is 0.240. The largest absolute Gasteiger partial charge is 0.399 e. The zero-order chi connectivity index (χ0) is 13.0. The number of nitrogens with zero attached hydrogens (tertiary/aromatic N) is 1. The van der Waals surface area contributed by atoms with Crippen LogP contribution in [0.2, 0.25) is 5.02 Å². The summed E-state index contributed by atoms with van der Waals surface area (Å²) >= 11 is 7.69. The average molecular weight is 285 g/mol. The van der Waals surface area contributed by atoms with Crippen molar-refractivity contribution in [2.24, 2.45) is 0 Å². The van der Waals surface area contributed by atoms with E-state index in [-0.39, 0.29) is 5.91 Å². The molecule has 2 N–H and O–H groups in total. The molecular formula is C13H17ClN2OS. The lowest BCUT2D eigenvalue weighted by Crippen LogP contribution is -2.29. The predicted octanol–water partition coefficient (Wildman–Crippen LogP) is 2.78. The van der Waals surface area contributed by atoms with Crippen molar-refractivity contribution in [1.82, 2.24) is 4.90 Å². The van der Waals surface area contributed by atoms with Gasteiger partial charge in [-0.2, -0.15) is 0 Å². The molecule has 0 unspecified atom stereocenters. The Balaban J connectivity index is 1.79. The van der Waals surface area contributed by atoms with Gasteiger partial charge in [-0.25, -0.2) is 0 Å². The Morgan fingerprint density at radius 2 is 2.11 bits per heavy atom. The molecule has 1 aromatic carbocycles. The van der Waals surface area contributed by atoms with Gasteiger partial charge in [-0.05, 0) is 30.5 Å². The van der Waals surface area contributed by atoms with Gasteiger partial charge in [0, 0.05) is 29.6 Å². The number of rotatable bonds is 4. The first kappa shape index (κ1) is 13.6. The molecule has 5 heteroatoms. The van der Waals surface area contributed by atoms with Crippen molar-refractivity contribution in [2.75, 3.05) is 24.6 Å². The maximum Gasteiger partial charge on any atom is 0.232 e. The topological polar surface area (TPSA) is 46.3 Å². The maximum absolute atomic E-state index is 11.8. The Labute approximate surface area is 117 Å². The lowest BCUT2D eigenvalue weighted by Gasteiger charge is -2.14. The Kier molecular flexibility index (Phi) is 4.78. The quantitative estimate of drug-likeness (QED) is 0.865. The summed E-state index contributed by atoms with van der Waals surface area (Å²) in [4.78, 5) is 13.8. The van der Waals surface area contributed by atoms with E-state index in [9.17, 15) is 4.79 Å². The van der Waals surface area contributed by atoms with Crippen LogP contribution < -0.4 is 5.73 Å². The van der Waals surface area contributed by atoms with Crippen LogP contribution in [-0.2, 0) is 10.5 Å². The van der Waals surface area contributed by atoms with Gasteiger partial charge < -0.3 is 10.6 Å². The van der Waals surface area contributed by atoms with Crippen molar-refractivity contribution in [2.45, 2.75) is 18.6 Å². The predicted molar refractivity (Wildman–Crippen MR) is 77.8 cm³/mol. The first-order valence-corrected chi connectivity index (χ1v) is 7.59. The summed E-state index contributed by atoms with van der Waals surface area (Å²) in [6, 6.07) is 5.51. The highest BCUT2D eigenvalue weighted by Gasteiger charge is 2.17. The molecule has 1 saturated heterocycles. The molecule has 1 fully saturated rings. The van der Waals surface area contributed by atoms with E-state index in [1.54, 1.807) is 17.8 Å². The molecule has 3 nitrogen and oxygen atoms in total. The molecule has 1 aromatic rings. The Hall–Kier alpha value is -0.870. The van der Waals surface area contributed by atoms with Gasteiger partial charge in [-0.1, -0.05) is 17.7 Å². The number of nitrogen functional groups attached to an aromatic ring is 1. The van der Waals surface area contributed by atoms with Crippen LogP contribution in [-0.4, -0.2) is 29.6 Å². The second-order valence-corrected chi connectivity index (χ2v) is 5.82. The molecule has 0 radical (unpaired) electrons. The van der Waals surface area contributed by atoms with E-state index < -0.39 is 0 Å². The molecule has 1 aliphatic heterocycles. The minimum Gasteiger partial charge on any atom is -0.399 e. The number of hydrogen-bond acceptors (Lipinski definition) is 3. The summed E-state index contributed by atoms with van der Waals surface area (Å²) in [7, 11) is 0. The van der Waals surface area contributed by atoms with E-state index in [4.69, 9.17) is 17.3 Å². The lowest BCUT2D eigenvalue weighted by atomic mass is 10.2. The van der Waals surface area contributed by atoms with Crippen molar-refractivity contribution in [3.63, 3.8) is 0 Å². The molecular weight excluding hydrogens is 268 g/mol. The van der Waals surface area contributed by atoms with Gasteiger partial charge in [0.2, 0.25) is 5.91 Å². The number of carbonyl (C=O) groups excluding carboxylic acids is 1. The highest BCUT2D eigenvalue weighted by Crippen LogP contribution is 2.23. The van der Waals surface area contributed by atoms with Gasteiger partial charge in [0.15, 0.2) is 0 Å². The molecule has 18 heavy (non-hydrogen) atoms. The van der Waals surface area contributed by atoms with Crippen molar-refractivity contribution < 1.29 is 4.79 Å². The maximum atomic E-state index is 11.8. The molecule has 2 rings (SSSR count). The number of hydrogen-bond donors (Lipinski definition) is 1. The third kappa shape index (κ3) is 3.56. The minimum atomic E-state index is 0.240. The number of nitrogens with two attached hydrogens (primary N) is 1. The van der Waals surface area contributed by atoms with Crippen LogP contribution in [0.15, 0.2) is 18.2 Å². The Morgan fingerprint density at radius 3 is 2.78 bits per heavy atom. The number of benzene rings is 1. The second kappa shape index (κ2) is 6.34. The van der Waals surface area contributed by atoms with Crippen molar-refractivity contribution in [1.29, 1.82) is 0 Å². The highest BCUT2D eigenvalue weighted by molar-refractivity contribution is 7.99. The summed E-state index contributed by atoms with van der Waals surface area (Å²) in [5, 5.41) is 0.677. The van der Waals surface area contributed by atoms with E-state index in [2.05, 4.69) is 0 Å². The number of amides is 1. The normalized spacial score (nSPS) is 15.1. The molecule has 1 amide bonds. The van der Waals surface area contributed by atoms with Crippen LogP contribution in [0, 0.1) is 0 Å². The Morgan fingerprint density at radius 1 is 1.39 bits per heavy atom. The van der Waals surface area contributed by atoms with Gasteiger partial charge in [-0.3, -0.25) is 4.79 Å². The summed E-state index contributed by atoms with van der Waals surface area (Å²) in [6.45, 7) is 1.84. The van der Waals surface area contributed by atoms with E-state index in [0.717, 1.165) is 37.2 Å². The van der Waals surface area contributed by atoms with Gasteiger partial charge in [0.1, 0.15) is 0 Å². The summed E-state index contributed by atoms with van der Waals surface area (Å²) in [6.07, 6.45) is 2.28. The highest BCUT2D eigenvalue weighted by atomic mass is 35.5. The van der Waals surface area contributed by atoms with Crippen LogP contribution in [0.3, 0.4) is 0 Å². The van der Waals surface area contributed by atoms with E-state index >= 15 is 0 Å². The van der Waals surface area contributed by atoms with E-state index in [1.165, 1.54) is 0 Å². The fourth-order valence-electron chi connectivity index (χ4n) is 1.99. The third-order valence-corrected chi connectivity index (χ3v) is 4.34. The van der Waals surface area contributed by atoms with Gasteiger partial charge in [0.05, 0.1) is 5.75 Å². The van der Waals surface area contributed by atoms with Gasteiger partial charge in [-0.15, -0.1) is 11.8 Å². The first-order valence-electron chi connectivity index (χ1n) is 6.06. The molecule has 1 heterocycles. The summed E-state index contributed by atoms with van der Waals surface area (Å²) < 4.78 is 0. The fourth-order valence-corrected chi connectivity index (χ4v) is 3.25. The number of anilines is 1. The van der Waals surface area contributed by atoms with Crippen molar-refractivity contribution in [3.8, 4) is 0 Å². The standard InChI is InChI=1S/C13H17ClN2OS/c14-12-7-11(15)4-3-10(12)8-18-9-13(17)16-5-1-2-6-16/h3-4,7H,1-2,5-6,8-9,15H2. The lowest BCUT2D eigenvalue weighted by molar-refractivity contribution is -0.127. The van der Waals surface area contributed by atoms with Gasteiger partial charge >= 0.3 is 0 Å². The Bertz CT molecular complexity index is 433. The number of halogens is 1. The number of thioether (sulfide) groups is 1. The fraction of sp³-hybridized carbons (Fsp3) is 0.462. The van der Waals surface area contributed by atoms with Crippen LogP contribution in [0.25, 0.3) is 0 Å². The molecule has 1 aliphatic rings. The van der Waals surface area contributed by atoms with E-state index in [0.29, 0.717) is 16.5 Å². The van der Waals surface area contributed by atoms with Crippen LogP contribution in [0.4, 0.5) is 5.69 Å². The van der Waals surface area contributed by atoms with Crippen LogP contribution in [0.5, 0.6) is 0 Å². The van der Waals surface area contributed by atoms with Gasteiger partial charge in [0.25, 0.3) is 0 Å². The third-order valence-electron chi connectivity index (χ3n) is 3.02. The molecule has 0 aliphatic carbocycles. The molecule has 0 aromatic heterocycles. The molecule has 98 valence electrons. The van der Waals surface area contributed by atoms with Crippen LogP contribution in [0.1, 0.15) is 18.4 Å². The zero-order valence-corrected chi connectivity index (χ0v) is 11.8. The van der Waals surface area contributed by atoms with Crippen molar-refractivity contribution >= 4 is 35.0 Å². The first-order chi connectivity index (χ1) is 8.66. The van der Waals surface area contributed by atoms with Crippen molar-refractivity contribution in [3.05, 3.63) is 28.8 Å². The average Bonchev–Trinajstić information content (AvgIpc) is 2.85. The smallest absolute Gasteiger partial charge is 0.232 e. The summed E-state index contributed by atoms with van der Waals surface area (Å²) in [5.41, 5.74) is 7.34. The molecule has 0 spiro atoms. The van der Waals surface area contributed by atoms with Crippen LogP contribution >= 0.6 is 23.4 Å². The number of likely N-dealkylation sites (tertiary alicyclic amines) is 1. The SMILES string of the molecule is Nc1ccc(CSCC(=O)N2CCCC2)c(Cl)c1. The monoisotopic (exact) mass is 284 g/mol. The van der Waals surface area contributed by atoms with E-state index in [1.807, 2.05) is 17.0 Å². The molecule has 0 bridgehead atoms. The number of carbonyl (C=O) groups is 1. The summed E-state index contributed by atoms with van der Waals surface area (Å²) in [5.74, 6) is 1.52. The zero-order valence-electron chi connectivity index (χ0n) is 10.2. The second-order valence-electron chi connectivity index (χ2n) is 4.43. The molecule has 0 atom stereocenters. The molecule has 0 saturated carbocycles.